The van der Waals surface area contributed by atoms with Crippen molar-refractivity contribution in [3.8, 4) is 0 Å². The van der Waals surface area contributed by atoms with E-state index in [4.69, 9.17) is 28.4 Å². The highest BCUT2D eigenvalue weighted by Crippen LogP contribution is 2.55. The van der Waals surface area contributed by atoms with E-state index < -0.39 is 132 Å². The predicted molar refractivity (Wildman–Crippen MR) is 239 cm³/mol. The van der Waals surface area contributed by atoms with Gasteiger partial charge in [0.15, 0.2) is 5.79 Å². The minimum Gasteiger partial charge on any atom is -0.459 e. The van der Waals surface area contributed by atoms with E-state index in [1.807, 2.05) is 55.4 Å². The molecule has 1 saturated carbocycles. The summed E-state index contributed by atoms with van der Waals surface area (Å²) in [5.74, 6) is -7.17. The molecule has 65 heavy (non-hydrogen) atoms. The number of ether oxygens (including phenoxy) is 6. The van der Waals surface area contributed by atoms with Gasteiger partial charge in [0.25, 0.3) is 0 Å². The first-order valence-corrected chi connectivity index (χ1v) is 25.0. The second kappa shape index (κ2) is 20.0. The third-order valence-corrected chi connectivity index (χ3v) is 17.7. The van der Waals surface area contributed by atoms with Crippen LogP contribution in [0.5, 0.6) is 0 Å². The number of hydrogen-bond acceptors (Lipinski definition) is 15. The van der Waals surface area contributed by atoms with Crippen LogP contribution >= 0.6 is 0 Å². The largest absolute Gasteiger partial charge is 0.459 e. The number of hydrogen-bond donors (Lipinski definition) is 7. The topological polar surface area (TPSA) is 231 Å². The number of rotatable bonds is 14. The molecule has 15 heteroatoms. The Balaban J connectivity index is 1.14. The van der Waals surface area contributed by atoms with E-state index in [-0.39, 0.29) is 30.0 Å². The van der Waals surface area contributed by atoms with Gasteiger partial charge in [0.05, 0.1) is 59.3 Å². The van der Waals surface area contributed by atoms with Crippen LogP contribution in [-0.2, 0) is 38.0 Å². The molecule has 1 aliphatic carbocycles. The number of carbonyl (C=O) groups is 2. The lowest BCUT2D eigenvalue weighted by molar-refractivity contribution is -0.418. The van der Waals surface area contributed by atoms with Crippen molar-refractivity contribution in [1.82, 2.24) is 0 Å². The molecule has 23 unspecified atom stereocenters. The van der Waals surface area contributed by atoms with Crippen LogP contribution in [0.15, 0.2) is 12.2 Å². The third-order valence-electron chi connectivity index (χ3n) is 17.7. The molecule has 23 atom stereocenters. The van der Waals surface area contributed by atoms with Gasteiger partial charge in [-0.05, 0) is 109 Å². The first kappa shape index (κ1) is 52.8. The molecule has 5 heterocycles. The van der Waals surface area contributed by atoms with Crippen molar-refractivity contribution in [2.75, 3.05) is 6.61 Å². The van der Waals surface area contributed by atoms with Crippen LogP contribution in [0.1, 0.15) is 147 Å². The molecule has 6 aliphatic rings. The first-order chi connectivity index (χ1) is 30.4. The molecular formula is C50H84O15. The highest BCUT2D eigenvalue weighted by atomic mass is 16.8. The minimum absolute atomic E-state index is 0.00179. The maximum Gasteiger partial charge on any atom is 0.311 e. The zero-order valence-electron chi connectivity index (χ0n) is 40.9. The zero-order valence-corrected chi connectivity index (χ0v) is 40.9. The summed E-state index contributed by atoms with van der Waals surface area (Å²) in [6.07, 6.45) is -0.715. The van der Waals surface area contributed by atoms with Crippen molar-refractivity contribution in [2.24, 2.45) is 47.3 Å². The van der Waals surface area contributed by atoms with Crippen molar-refractivity contribution in [3.63, 3.8) is 0 Å². The fourth-order valence-corrected chi connectivity index (χ4v) is 12.7. The Morgan fingerprint density at radius 2 is 1.54 bits per heavy atom. The molecule has 0 aromatic heterocycles. The Bertz CT molecular complexity index is 1680. The van der Waals surface area contributed by atoms with E-state index in [2.05, 4.69) is 13.8 Å². The average Bonchev–Trinajstić information content (AvgIpc) is 3.71. The van der Waals surface area contributed by atoms with Crippen LogP contribution in [0, 0.1) is 47.3 Å². The molecule has 0 aromatic carbocycles. The Kier molecular flexibility index (Phi) is 16.3. The number of Topliss-reactive ketones (excluding diaryl/α,β-unsaturated/α-hetero) is 1. The number of aliphatic hydroxyl groups is 7. The third kappa shape index (κ3) is 9.67. The second-order valence-corrected chi connectivity index (χ2v) is 21.8. The van der Waals surface area contributed by atoms with Gasteiger partial charge in [0.2, 0.25) is 5.79 Å². The Morgan fingerprint density at radius 1 is 0.846 bits per heavy atom. The maximum absolute atomic E-state index is 14.9. The lowest BCUT2D eigenvalue weighted by Gasteiger charge is -2.58. The van der Waals surface area contributed by atoms with Crippen molar-refractivity contribution < 1.29 is 73.8 Å². The summed E-state index contributed by atoms with van der Waals surface area (Å²) in [4.78, 5) is 28.5. The maximum atomic E-state index is 14.9. The number of aliphatic hydroxyl groups excluding tert-OH is 6. The van der Waals surface area contributed by atoms with E-state index in [9.17, 15) is 45.3 Å². The molecular weight excluding hydrogens is 841 g/mol. The molecule has 7 N–H and O–H groups in total. The number of ketones is 1. The van der Waals surface area contributed by atoms with Crippen molar-refractivity contribution >= 4 is 11.8 Å². The van der Waals surface area contributed by atoms with Gasteiger partial charge in [0, 0.05) is 42.6 Å². The van der Waals surface area contributed by atoms with Gasteiger partial charge >= 0.3 is 5.97 Å². The molecule has 15 nitrogen and oxygen atoms in total. The van der Waals surface area contributed by atoms with E-state index >= 15 is 0 Å². The smallest absolute Gasteiger partial charge is 0.311 e. The first-order valence-electron chi connectivity index (χ1n) is 25.0. The average molecular weight is 925 g/mol. The van der Waals surface area contributed by atoms with E-state index in [0.29, 0.717) is 64.2 Å². The lowest BCUT2D eigenvalue weighted by atomic mass is 9.66. The highest BCUT2D eigenvalue weighted by molar-refractivity contribution is 5.85. The summed E-state index contributed by atoms with van der Waals surface area (Å²) in [7, 11) is 0. The quantitative estimate of drug-likeness (QED) is 0.0940. The van der Waals surface area contributed by atoms with Gasteiger partial charge < -0.3 is 64.2 Å². The van der Waals surface area contributed by atoms with Crippen LogP contribution in [-0.4, -0.2) is 144 Å². The Morgan fingerprint density at radius 3 is 2.15 bits per heavy atom. The summed E-state index contributed by atoms with van der Waals surface area (Å²) in [6, 6.07) is 0. The Hall–Kier alpha value is -1.60. The summed E-state index contributed by atoms with van der Waals surface area (Å²) in [5.41, 5.74) is -2.65. The Labute approximate surface area is 386 Å². The molecule has 0 aromatic rings. The fourth-order valence-electron chi connectivity index (χ4n) is 12.7. The van der Waals surface area contributed by atoms with E-state index in [1.54, 1.807) is 19.1 Å². The van der Waals surface area contributed by atoms with Crippen LogP contribution in [0.4, 0.5) is 0 Å². The van der Waals surface area contributed by atoms with Crippen LogP contribution in [0.3, 0.4) is 0 Å². The molecule has 0 bridgehead atoms. The van der Waals surface area contributed by atoms with Gasteiger partial charge in [-0.15, -0.1) is 0 Å². The van der Waals surface area contributed by atoms with Crippen LogP contribution in [0.25, 0.3) is 0 Å². The van der Waals surface area contributed by atoms with Crippen LogP contribution < -0.4 is 0 Å². The van der Waals surface area contributed by atoms with Gasteiger partial charge in [-0.3, -0.25) is 9.59 Å². The van der Waals surface area contributed by atoms with Gasteiger partial charge in [-0.2, -0.15) is 0 Å². The second-order valence-electron chi connectivity index (χ2n) is 21.8. The molecule has 5 fully saturated rings. The van der Waals surface area contributed by atoms with E-state index in [0.717, 1.165) is 0 Å². The normalized spacial score (nSPS) is 48.1. The molecule has 5 aliphatic heterocycles. The van der Waals surface area contributed by atoms with Gasteiger partial charge in [-0.25, -0.2) is 0 Å². The summed E-state index contributed by atoms with van der Waals surface area (Å²) in [6.45, 7) is 21.0. The highest BCUT2D eigenvalue weighted by Gasteiger charge is 2.64. The molecule has 4 saturated heterocycles. The minimum atomic E-state index is -1.58. The zero-order chi connectivity index (χ0) is 48.2. The van der Waals surface area contributed by atoms with Crippen LogP contribution in [0.2, 0.25) is 0 Å². The standard InChI is InChI=1S/C50H84O15/c1-12-33(45(58)61-36-24-32(25-51)41(55)43(57)42(36)56)35-16-15-26(4)44(60-35)30(8)39(53)29(7)40(54)34(13-2)47(11)27(5)23-28(6)49(64-47)19-17-37(52)50(65-49)20-18-38(63-50)46(10)21-22-48(59,14-3)31(9)62-46/h17,19,26-39,41-44,51-53,55-57,59H,12-16,18,20-25H2,1-11H3. The number of carbonyl (C=O) groups excluding carboxylic acids is 2. The van der Waals surface area contributed by atoms with Crippen molar-refractivity contribution in [3.05, 3.63) is 12.2 Å². The van der Waals surface area contributed by atoms with Crippen molar-refractivity contribution in [1.29, 1.82) is 0 Å². The summed E-state index contributed by atoms with van der Waals surface area (Å²) < 4.78 is 39.9. The lowest BCUT2D eigenvalue weighted by Crippen LogP contribution is -2.66. The monoisotopic (exact) mass is 925 g/mol. The SMILES string of the molecule is CCC(C(=O)OC1CC(CO)C(O)C(O)C1O)C1CCC(C)C(C(C)C(O)C(C)C(=O)C(CC)C2(C)OC3(C=CC(O)C4(CCC(C5(C)CCC(O)(CC)C(C)O5)O4)O3)C(C)CC2C)O1. The molecule has 2 spiro atoms. The predicted octanol–water partition coefficient (Wildman–Crippen LogP) is 4.50. The van der Waals surface area contributed by atoms with Gasteiger partial charge in [0.1, 0.15) is 30.2 Å². The number of esters is 1. The molecule has 0 radical (unpaired) electrons. The summed E-state index contributed by atoms with van der Waals surface area (Å²) >= 11 is 0. The van der Waals surface area contributed by atoms with Crippen molar-refractivity contribution in [2.45, 2.75) is 236 Å². The van der Waals surface area contributed by atoms with Gasteiger partial charge in [-0.1, -0.05) is 55.4 Å². The fraction of sp³-hybridized carbons (Fsp3) is 0.920. The molecule has 0 amide bonds. The summed E-state index contributed by atoms with van der Waals surface area (Å²) in [5, 5.41) is 75.7. The molecule has 374 valence electrons. The van der Waals surface area contributed by atoms with E-state index in [1.165, 1.54) is 0 Å². The molecule has 6 rings (SSSR count).